The molecule has 8 heteroatoms. The average molecular weight is 533 g/mol. The second kappa shape index (κ2) is 10.3. The van der Waals surface area contributed by atoms with Gasteiger partial charge < -0.3 is 10.2 Å². The third-order valence-electron chi connectivity index (χ3n) is 7.23. The molecule has 2 aromatic carbocycles. The Hall–Kier alpha value is -2.20. The first-order valence-electron chi connectivity index (χ1n) is 12.2. The summed E-state index contributed by atoms with van der Waals surface area (Å²) in [6.45, 7) is 7.12. The lowest BCUT2D eigenvalue weighted by atomic mass is 9.62. The quantitative estimate of drug-likeness (QED) is 0.494. The summed E-state index contributed by atoms with van der Waals surface area (Å²) in [7, 11) is 0. The molecule has 2 aromatic rings. The lowest BCUT2D eigenvalue weighted by Gasteiger charge is -2.38. The third kappa shape index (κ3) is 4.86. The van der Waals surface area contributed by atoms with E-state index in [-0.39, 0.29) is 32.5 Å². The molecule has 4 atom stereocenters. The molecule has 36 heavy (non-hydrogen) atoms. The Bertz CT molecular complexity index is 1190. The Balaban J connectivity index is 1.98. The molecule has 2 heterocycles. The summed E-state index contributed by atoms with van der Waals surface area (Å²) >= 11 is 12.2. The van der Waals surface area contributed by atoms with Crippen LogP contribution in [0.3, 0.4) is 0 Å². The van der Waals surface area contributed by atoms with Gasteiger partial charge in [-0.15, -0.1) is 0 Å². The Morgan fingerprint density at radius 2 is 1.89 bits per heavy atom. The van der Waals surface area contributed by atoms with Crippen molar-refractivity contribution in [3.8, 4) is 6.07 Å². The van der Waals surface area contributed by atoms with Gasteiger partial charge in [0.2, 0.25) is 5.91 Å². The molecule has 0 unspecified atom stereocenters. The number of likely N-dealkylation sites (tertiary alicyclic amines) is 1. The van der Waals surface area contributed by atoms with Crippen molar-refractivity contribution < 1.29 is 13.6 Å². The molecule has 4 nitrogen and oxygen atoms in total. The molecule has 0 spiro atoms. The third-order valence-corrected chi connectivity index (χ3v) is 7.76. The van der Waals surface area contributed by atoms with Crippen LogP contribution in [-0.2, 0) is 10.2 Å². The summed E-state index contributed by atoms with van der Waals surface area (Å²) in [6.07, 6.45) is 4.09. The Morgan fingerprint density at radius 3 is 2.50 bits per heavy atom. The van der Waals surface area contributed by atoms with Crippen LogP contribution in [0.2, 0.25) is 10.0 Å². The molecule has 4 rings (SSSR count). The summed E-state index contributed by atoms with van der Waals surface area (Å²) in [4.78, 5) is 15.7. The van der Waals surface area contributed by atoms with Gasteiger partial charge in [-0.1, -0.05) is 62.2 Å². The standard InChI is InChI=1S/C28H30Cl2F2N3O/c1-27(2,3)15-22-28(16-33,19-11-10-17(29)14-21(19)31)23(18-8-7-9-20(30)24(18)32)25(34-22)26(36)35-12-5-4-6-13-35/h4,7-11,14,22-23,25,34H,5-6,12-13,15H2,1-3H3/t22-,23-,25+,28-/m0/s1. The highest BCUT2D eigenvalue weighted by molar-refractivity contribution is 6.31. The predicted molar refractivity (Wildman–Crippen MR) is 138 cm³/mol. The SMILES string of the molecule is CC(C)(C)C[C@@H]1N[C@@H](C(=O)N2CC[CH]CC2)[C@H](c2cccc(Cl)c2F)[C@@]1(C#N)c1ccc(Cl)cc1F. The maximum absolute atomic E-state index is 15.6. The van der Waals surface area contributed by atoms with E-state index in [9.17, 15) is 10.1 Å². The first kappa shape index (κ1) is 26.9. The van der Waals surface area contributed by atoms with E-state index in [0.29, 0.717) is 19.5 Å². The highest BCUT2D eigenvalue weighted by Crippen LogP contribution is 2.53. The van der Waals surface area contributed by atoms with Gasteiger partial charge in [0, 0.05) is 35.6 Å². The van der Waals surface area contributed by atoms with E-state index in [1.165, 1.54) is 24.3 Å². The van der Waals surface area contributed by atoms with Crippen LogP contribution in [0.1, 0.15) is 57.1 Å². The van der Waals surface area contributed by atoms with E-state index in [0.717, 1.165) is 18.9 Å². The Kier molecular flexibility index (Phi) is 7.67. The zero-order chi connectivity index (χ0) is 26.3. The van der Waals surface area contributed by atoms with Crippen molar-refractivity contribution in [1.82, 2.24) is 10.2 Å². The van der Waals surface area contributed by atoms with Crippen LogP contribution in [0.4, 0.5) is 8.78 Å². The van der Waals surface area contributed by atoms with Crippen LogP contribution in [-0.4, -0.2) is 36.0 Å². The van der Waals surface area contributed by atoms with Crippen LogP contribution < -0.4 is 5.32 Å². The number of amides is 1. The van der Waals surface area contributed by atoms with E-state index < -0.39 is 35.1 Å². The molecule has 0 saturated carbocycles. The maximum Gasteiger partial charge on any atom is 0.240 e. The molecule has 0 aromatic heterocycles. The van der Waals surface area contributed by atoms with Crippen LogP contribution in [0.25, 0.3) is 0 Å². The molecule has 1 radical (unpaired) electrons. The molecule has 2 fully saturated rings. The number of rotatable bonds is 4. The fourth-order valence-corrected chi connectivity index (χ4v) is 6.05. The van der Waals surface area contributed by atoms with E-state index in [1.807, 2.05) is 20.8 Å². The Labute approximate surface area is 221 Å². The number of benzene rings is 2. The van der Waals surface area contributed by atoms with Gasteiger partial charge in [0.15, 0.2) is 0 Å². The minimum atomic E-state index is -1.60. The summed E-state index contributed by atoms with van der Waals surface area (Å²) in [6, 6.07) is 9.50. The molecule has 2 aliphatic heterocycles. The number of nitriles is 1. The molecular formula is C28H30Cl2F2N3O. The van der Waals surface area contributed by atoms with Gasteiger partial charge in [0.1, 0.15) is 17.0 Å². The van der Waals surface area contributed by atoms with Gasteiger partial charge in [-0.25, -0.2) is 8.78 Å². The molecule has 2 aliphatic rings. The van der Waals surface area contributed by atoms with Crippen LogP contribution in [0.5, 0.6) is 0 Å². The van der Waals surface area contributed by atoms with Crippen molar-refractivity contribution in [2.24, 2.45) is 5.41 Å². The fourth-order valence-electron chi connectivity index (χ4n) is 5.71. The van der Waals surface area contributed by atoms with E-state index in [2.05, 4.69) is 17.8 Å². The maximum atomic E-state index is 15.6. The summed E-state index contributed by atoms with van der Waals surface area (Å²) in [5.74, 6) is -2.63. The number of carbonyl (C=O) groups excluding carboxylic acids is 1. The zero-order valence-electron chi connectivity index (χ0n) is 20.6. The molecule has 2 saturated heterocycles. The normalized spacial score (nSPS) is 26.6. The molecular weight excluding hydrogens is 503 g/mol. The van der Waals surface area contributed by atoms with Gasteiger partial charge in [-0.2, -0.15) is 5.26 Å². The van der Waals surface area contributed by atoms with Crippen molar-refractivity contribution in [3.05, 3.63) is 75.6 Å². The van der Waals surface area contributed by atoms with E-state index >= 15 is 8.78 Å². The van der Waals surface area contributed by atoms with Crippen molar-refractivity contribution >= 4 is 29.1 Å². The lowest BCUT2D eigenvalue weighted by molar-refractivity contribution is -0.134. The molecule has 0 aliphatic carbocycles. The molecule has 1 N–H and O–H groups in total. The summed E-state index contributed by atoms with van der Waals surface area (Å²) in [5.41, 5.74) is -1.68. The van der Waals surface area contributed by atoms with Gasteiger partial charge >= 0.3 is 0 Å². The number of piperidine rings is 1. The van der Waals surface area contributed by atoms with Crippen LogP contribution in [0, 0.1) is 34.8 Å². The van der Waals surface area contributed by atoms with Crippen LogP contribution >= 0.6 is 23.2 Å². The lowest BCUT2D eigenvalue weighted by Crippen LogP contribution is -2.49. The van der Waals surface area contributed by atoms with Gasteiger partial charge in [0.25, 0.3) is 0 Å². The first-order chi connectivity index (χ1) is 17.0. The van der Waals surface area contributed by atoms with Crippen molar-refractivity contribution in [3.63, 3.8) is 0 Å². The van der Waals surface area contributed by atoms with E-state index in [4.69, 9.17) is 23.2 Å². The zero-order valence-corrected chi connectivity index (χ0v) is 22.1. The largest absolute Gasteiger partial charge is 0.341 e. The van der Waals surface area contributed by atoms with Crippen LogP contribution in [0.15, 0.2) is 36.4 Å². The van der Waals surface area contributed by atoms with Gasteiger partial charge in [-0.05, 0) is 54.9 Å². The van der Waals surface area contributed by atoms with E-state index in [1.54, 1.807) is 11.0 Å². The molecule has 191 valence electrons. The van der Waals surface area contributed by atoms with Crippen molar-refractivity contribution in [2.75, 3.05) is 13.1 Å². The average Bonchev–Trinajstić information content (AvgIpc) is 3.13. The van der Waals surface area contributed by atoms with Gasteiger partial charge in [0.05, 0.1) is 17.1 Å². The minimum Gasteiger partial charge on any atom is -0.341 e. The van der Waals surface area contributed by atoms with Crippen molar-refractivity contribution in [2.45, 2.75) is 63.5 Å². The number of nitrogens with zero attached hydrogens (tertiary/aromatic N) is 2. The van der Waals surface area contributed by atoms with Gasteiger partial charge in [-0.3, -0.25) is 4.79 Å². The number of halogens is 4. The highest BCUT2D eigenvalue weighted by Gasteiger charge is 2.61. The second-order valence-electron chi connectivity index (χ2n) is 10.9. The second-order valence-corrected chi connectivity index (χ2v) is 11.7. The molecule has 0 bridgehead atoms. The Morgan fingerprint density at radius 1 is 1.19 bits per heavy atom. The summed E-state index contributed by atoms with van der Waals surface area (Å²) < 4.78 is 31.3. The number of hydrogen-bond donors (Lipinski definition) is 1. The van der Waals surface area contributed by atoms with Crippen molar-refractivity contribution in [1.29, 1.82) is 5.26 Å². The topological polar surface area (TPSA) is 56.1 Å². The number of carbonyl (C=O) groups is 1. The minimum absolute atomic E-state index is 0.0859. The fraction of sp³-hybridized carbons (Fsp3) is 0.464. The summed E-state index contributed by atoms with van der Waals surface area (Å²) in [5, 5.41) is 14.3. The number of nitrogens with one attached hydrogen (secondary N) is 1. The molecule has 1 amide bonds. The highest BCUT2D eigenvalue weighted by atomic mass is 35.5. The predicted octanol–water partition coefficient (Wildman–Crippen LogP) is 6.42. The smallest absolute Gasteiger partial charge is 0.240 e. The monoisotopic (exact) mass is 532 g/mol. The number of hydrogen-bond acceptors (Lipinski definition) is 3. The first-order valence-corrected chi connectivity index (χ1v) is 12.9.